The van der Waals surface area contributed by atoms with Gasteiger partial charge in [0.2, 0.25) is 5.91 Å². The predicted octanol–water partition coefficient (Wildman–Crippen LogP) is 1.46. The zero-order valence-corrected chi connectivity index (χ0v) is 12.4. The molecule has 1 atom stereocenters. The zero-order chi connectivity index (χ0) is 16.3. The van der Waals surface area contributed by atoms with Crippen LogP contribution in [0.2, 0.25) is 0 Å². The van der Waals surface area contributed by atoms with Gasteiger partial charge in [0.25, 0.3) is 5.92 Å². The highest BCUT2D eigenvalue weighted by Crippen LogP contribution is 2.25. The number of halogens is 2. The Kier molecular flexibility index (Phi) is 4.33. The summed E-state index contributed by atoms with van der Waals surface area (Å²) in [5.41, 5.74) is 1.14. The van der Waals surface area contributed by atoms with Crippen molar-refractivity contribution in [2.24, 2.45) is 0 Å². The lowest BCUT2D eigenvalue weighted by molar-refractivity contribution is -0.118. The molecule has 1 fully saturated rings. The van der Waals surface area contributed by atoms with Crippen LogP contribution in [0, 0.1) is 0 Å². The van der Waals surface area contributed by atoms with Gasteiger partial charge < -0.3 is 5.32 Å². The molecule has 1 saturated heterocycles. The summed E-state index contributed by atoms with van der Waals surface area (Å²) in [7, 11) is 0. The zero-order valence-electron chi connectivity index (χ0n) is 12.4. The lowest BCUT2D eigenvalue weighted by atomic mass is 10.2. The van der Waals surface area contributed by atoms with Crippen molar-refractivity contribution < 1.29 is 13.6 Å². The third-order valence-electron chi connectivity index (χ3n) is 3.70. The molecule has 1 aliphatic rings. The van der Waals surface area contributed by atoms with Crippen LogP contribution in [0.4, 0.5) is 14.6 Å². The maximum Gasteiger partial charge on any atom is 0.262 e. The number of rotatable bonds is 5. The van der Waals surface area contributed by atoms with Crippen molar-refractivity contribution in [1.29, 1.82) is 0 Å². The number of nitrogens with one attached hydrogen (secondary N) is 2. The summed E-state index contributed by atoms with van der Waals surface area (Å²) in [6.07, 6.45) is 5.51. The molecule has 3 rings (SSSR count). The molecule has 0 aliphatic carbocycles. The van der Waals surface area contributed by atoms with Gasteiger partial charge in [-0.05, 0) is 24.1 Å². The molecule has 1 unspecified atom stereocenters. The molecule has 3 heterocycles. The minimum atomic E-state index is -2.83. The lowest BCUT2D eigenvalue weighted by Gasteiger charge is -2.09. The molecule has 0 radical (unpaired) electrons. The number of aromatic nitrogens is 3. The first-order valence-corrected chi connectivity index (χ1v) is 7.36. The van der Waals surface area contributed by atoms with Gasteiger partial charge in [0.05, 0.1) is 12.6 Å². The van der Waals surface area contributed by atoms with Crippen LogP contribution in [0.15, 0.2) is 36.8 Å². The predicted molar refractivity (Wildman–Crippen MR) is 80.2 cm³/mol. The summed E-state index contributed by atoms with van der Waals surface area (Å²) in [5.74, 6) is -2.95. The Labute approximate surface area is 131 Å². The number of hydrogen-bond donors (Lipinski definition) is 2. The van der Waals surface area contributed by atoms with E-state index in [0.29, 0.717) is 12.4 Å². The fraction of sp³-hybridized carbons (Fsp3) is 0.400. The topological polar surface area (TPSA) is 71.8 Å². The van der Waals surface area contributed by atoms with E-state index in [1.807, 2.05) is 12.1 Å². The number of carbonyl (C=O) groups excluding carboxylic acids is 1. The second-order valence-electron chi connectivity index (χ2n) is 5.55. The number of anilines is 1. The average molecular weight is 321 g/mol. The highest BCUT2D eigenvalue weighted by Gasteiger charge is 2.42. The number of pyridine rings is 1. The molecule has 23 heavy (non-hydrogen) atoms. The molecule has 0 aromatic carbocycles. The average Bonchev–Trinajstić information content (AvgIpc) is 3.12. The number of aryl methyl sites for hydroxylation is 2. The van der Waals surface area contributed by atoms with Crippen LogP contribution in [-0.4, -0.2) is 39.2 Å². The molecule has 2 aromatic rings. The molecular weight excluding hydrogens is 304 g/mol. The Bertz CT molecular complexity index is 674. The maximum absolute atomic E-state index is 13.1. The summed E-state index contributed by atoms with van der Waals surface area (Å²) in [6, 6.07) is 4.63. The summed E-state index contributed by atoms with van der Waals surface area (Å²) in [5, 5.41) is 9.31. The van der Waals surface area contributed by atoms with Gasteiger partial charge in [-0.1, -0.05) is 0 Å². The van der Waals surface area contributed by atoms with Crippen LogP contribution in [0.1, 0.15) is 12.0 Å². The minimum Gasteiger partial charge on any atom is -0.308 e. The fourth-order valence-electron chi connectivity index (χ4n) is 2.46. The third kappa shape index (κ3) is 4.10. The van der Waals surface area contributed by atoms with Gasteiger partial charge in [-0.2, -0.15) is 5.10 Å². The van der Waals surface area contributed by atoms with Crippen LogP contribution in [0.25, 0.3) is 0 Å². The van der Waals surface area contributed by atoms with E-state index in [4.69, 9.17) is 0 Å². The summed E-state index contributed by atoms with van der Waals surface area (Å²) < 4.78 is 27.9. The van der Waals surface area contributed by atoms with Crippen molar-refractivity contribution >= 4 is 11.7 Å². The van der Waals surface area contributed by atoms with Crippen LogP contribution in [0.3, 0.4) is 0 Å². The first kappa shape index (κ1) is 15.5. The first-order chi connectivity index (χ1) is 11.0. The Balaban J connectivity index is 1.52. The smallest absolute Gasteiger partial charge is 0.262 e. The number of alkyl halides is 2. The van der Waals surface area contributed by atoms with Crippen LogP contribution in [-0.2, 0) is 17.8 Å². The molecule has 122 valence electrons. The number of nitrogens with zero attached hydrogens (tertiary/aromatic N) is 3. The maximum atomic E-state index is 13.1. The van der Waals surface area contributed by atoms with Crippen LogP contribution >= 0.6 is 0 Å². The fourth-order valence-corrected chi connectivity index (χ4v) is 2.46. The van der Waals surface area contributed by atoms with Gasteiger partial charge in [0.1, 0.15) is 0 Å². The number of hydrogen-bond acceptors (Lipinski definition) is 4. The molecular formula is C15H17F2N5O. The van der Waals surface area contributed by atoms with E-state index in [9.17, 15) is 13.6 Å². The van der Waals surface area contributed by atoms with E-state index in [1.54, 1.807) is 29.3 Å². The van der Waals surface area contributed by atoms with E-state index in [-0.39, 0.29) is 0 Å². The van der Waals surface area contributed by atoms with Gasteiger partial charge in [0, 0.05) is 37.6 Å². The van der Waals surface area contributed by atoms with Crippen LogP contribution in [0.5, 0.6) is 0 Å². The molecule has 8 heteroatoms. The SMILES string of the molecule is O=C(Nc1ccn(CCc2ccncc2)n1)C1CC(F)(F)CN1. The van der Waals surface area contributed by atoms with E-state index < -0.39 is 30.8 Å². The standard InChI is InChI=1S/C15H17F2N5O/c16-15(17)9-12(19-10-15)14(23)20-13-4-8-22(21-13)7-3-11-1-5-18-6-2-11/h1-2,4-6,8,12,19H,3,7,9-10H2,(H,20,21,23). The van der Waals surface area contributed by atoms with Gasteiger partial charge >= 0.3 is 0 Å². The van der Waals surface area contributed by atoms with Crippen molar-refractivity contribution in [3.63, 3.8) is 0 Å². The van der Waals surface area contributed by atoms with Gasteiger partial charge in [0.15, 0.2) is 5.82 Å². The Morgan fingerprint density at radius 3 is 2.87 bits per heavy atom. The molecule has 0 saturated carbocycles. The van der Waals surface area contributed by atoms with E-state index in [1.165, 1.54) is 0 Å². The van der Waals surface area contributed by atoms with Gasteiger partial charge in [-0.25, -0.2) is 8.78 Å². The second-order valence-corrected chi connectivity index (χ2v) is 5.55. The molecule has 1 aliphatic heterocycles. The van der Waals surface area contributed by atoms with Crippen molar-refractivity contribution in [3.8, 4) is 0 Å². The van der Waals surface area contributed by atoms with Crippen molar-refractivity contribution in [2.45, 2.75) is 31.4 Å². The lowest BCUT2D eigenvalue weighted by Crippen LogP contribution is -2.35. The summed E-state index contributed by atoms with van der Waals surface area (Å²) in [6.45, 7) is 0.186. The molecule has 2 N–H and O–H groups in total. The van der Waals surface area contributed by atoms with Gasteiger partial charge in [-0.15, -0.1) is 0 Å². The number of amides is 1. The van der Waals surface area contributed by atoms with Crippen molar-refractivity contribution in [2.75, 3.05) is 11.9 Å². The van der Waals surface area contributed by atoms with E-state index >= 15 is 0 Å². The summed E-state index contributed by atoms with van der Waals surface area (Å²) in [4.78, 5) is 15.9. The van der Waals surface area contributed by atoms with Crippen molar-refractivity contribution in [1.82, 2.24) is 20.1 Å². The molecule has 0 bridgehead atoms. The van der Waals surface area contributed by atoms with E-state index in [0.717, 1.165) is 12.0 Å². The first-order valence-electron chi connectivity index (χ1n) is 7.36. The van der Waals surface area contributed by atoms with Crippen LogP contribution < -0.4 is 10.6 Å². The molecule has 0 spiro atoms. The number of carbonyl (C=O) groups is 1. The molecule has 1 amide bonds. The second kappa shape index (κ2) is 6.41. The highest BCUT2D eigenvalue weighted by molar-refractivity contribution is 5.94. The highest BCUT2D eigenvalue weighted by atomic mass is 19.3. The monoisotopic (exact) mass is 321 g/mol. The molecule has 6 nitrogen and oxygen atoms in total. The van der Waals surface area contributed by atoms with Crippen molar-refractivity contribution in [3.05, 3.63) is 42.4 Å². The Morgan fingerprint density at radius 1 is 1.39 bits per heavy atom. The van der Waals surface area contributed by atoms with E-state index in [2.05, 4.69) is 20.7 Å². The Hall–Kier alpha value is -2.35. The largest absolute Gasteiger partial charge is 0.308 e. The normalized spacial score (nSPS) is 19.7. The molecule has 2 aromatic heterocycles. The minimum absolute atomic E-state index is 0.363. The summed E-state index contributed by atoms with van der Waals surface area (Å²) >= 11 is 0. The third-order valence-corrected chi connectivity index (χ3v) is 3.70. The quantitative estimate of drug-likeness (QED) is 0.874. The van der Waals surface area contributed by atoms with Gasteiger partial charge in [-0.3, -0.25) is 19.8 Å². The Morgan fingerprint density at radius 2 is 2.17 bits per heavy atom.